The first-order valence-corrected chi connectivity index (χ1v) is 8.76. The molecular formula is C14H22N4O2S. The molecule has 0 spiro atoms. The van der Waals surface area contributed by atoms with E-state index < -0.39 is 0 Å². The number of aromatic amines is 1. The van der Waals surface area contributed by atoms with Crippen LogP contribution in [0.3, 0.4) is 0 Å². The molecule has 0 aromatic carbocycles. The van der Waals surface area contributed by atoms with E-state index >= 15 is 0 Å². The second kappa shape index (κ2) is 7.26. The molecule has 1 saturated heterocycles. The molecule has 1 aliphatic carbocycles. The Hall–Kier alpha value is -1.08. The van der Waals surface area contributed by atoms with Crippen molar-refractivity contribution in [3.8, 4) is 0 Å². The molecule has 0 radical (unpaired) electrons. The average molecular weight is 310 g/mol. The number of carbonyl (C=O) groups excluding carboxylic acids is 1. The van der Waals surface area contributed by atoms with Crippen LogP contribution in [0, 0.1) is 0 Å². The van der Waals surface area contributed by atoms with Gasteiger partial charge in [0.25, 0.3) is 0 Å². The molecule has 116 valence electrons. The minimum atomic E-state index is 0.0444. The van der Waals surface area contributed by atoms with Crippen LogP contribution in [-0.4, -0.2) is 39.5 Å². The van der Waals surface area contributed by atoms with Gasteiger partial charge in [0, 0.05) is 12.6 Å². The second-order valence-corrected chi connectivity index (χ2v) is 6.64. The van der Waals surface area contributed by atoms with Crippen molar-refractivity contribution in [2.45, 2.75) is 62.2 Å². The molecule has 1 aliphatic heterocycles. The molecule has 3 rings (SSSR count). The first kappa shape index (κ1) is 14.8. The van der Waals surface area contributed by atoms with Gasteiger partial charge in [-0.05, 0) is 25.7 Å². The topological polar surface area (TPSA) is 79.9 Å². The number of nitrogens with zero attached hydrogens (tertiary/aromatic N) is 2. The van der Waals surface area contributed by atoms with Gasteiger partial charge in [-0.1, -0.05) is 31.0 Å². The zero-order valence-corrected chi connectivity index (χ0v) is 13.0. The highest BCUT2D eigenvalue weighted by Gasteiger charge is 2.22. The molecule has 1 aromatic rings. The van der Waals surface area contributed by atoms with Crippen LogP contribution in [0.5, 0.6) is 0 Å². The number of carbonyl (C=O) groups is 1. The maximum absolute atomic E-state index is 11.9. The minimum Gasteiger partial charge on any atom is -0.370 e. The van der Waals surface area contributed by atoms with E-state index in [-0.39, 0.29) is 12.0 Å². The number of ether oxygens (including phenoxy) is 1. The van der Waals surface area contributed by atoms with E-state index in [2.05, 4.69) is 20.5 Å². The van der Waals surface area contributed by atoms with Crippen LogP contribution in [0.2, 0.25) is 0 Å². The predicted octanol–water partition coefficient (Wildman–Crippen LogP) is 2.20. The Balaban J connectivity index is 1.42. The van der Waals surface area contributed by atoms with Crippen molar-refractivity contribution in [1.29, 1.82) is 0 Å². The highest BCUT2D eigenvalue weighted by atomic mass is 32.2. The van der Waals surface area contributed by atoms with Crippen molar-refractivity contribution in [3.05, 3.63) is 5.82 Å². The van der Waals surface area contributed by atoms with Crippen molar-refractivity contribution >= 4 is 17.7 Å². The number of nitrogens with one attached hydrogen (secondary N) is 2. The first-order valence-electron chi connectivity index (χ1n) is 7.77. The van der Waals surface area contributed by atoms with Crippen LogP contribution in [0.25, 0.3) is 0 Å². The minimum absolute atomic E-state index is 0.0444. The fraction of sp³-hybridized carbons (Fsp3) is 0.786. The molecule has 0 bridgehead atoms. The summed E-state index contributed by atoms with van der Waals surface area (Å²) in [6, 6.07) is 0.362. The van der Waals surface area contributed by atoms with Gasteiger partial charge in [-0.3, -0.25) is 9.89 Å². The Bertz CT molecular complexity index is 467. The highest BCUT2D eigenvalue weighted by molar-refractivity contribution is 7.99. The largest absolute Gasteiger partial charge is 0.370 e. The lowest BCUT2D eigenvalue weighted by Gasteiger charge is -2.22. The van der Waals surface area contributed by atoms with Crippen molar-refractivity contribution in [3.63, 3.8) is 0 Å². The Morgan fingerprint density at radius 2 is 2.14 bits per heavy atom. The molecule has 21 heavy (non-hydrogen) atoms. The SMILES string of the molecule is O=C(CSc1n[nH]c(C2CCCO2)n1)NC1CCCCC1. The normalized spacial score (nSPS) is 23.3. The van der Waals surface area contributed by atoms with E-state index in [1.54, 1.807) is 0 Å². The van der Waals surface area contributed by atoms with Crippen LogP contribution in [-0.2, 0) is 9.53 Å². The van der Waals surface area contributed by atoms with E-state index in [1.165, 1.54) is 31.0 Å². The van der Waals surface area contributed by atoms with Crippen molar-refractivity contribution < 1.29 is 9.53 Å². The third-order valence-corrected chi connectivity index (χ3v) is 4.87. The molecule has 7 heteroatoms. The lowest BCUT2D eigenvalue weighted by atomic mass is 9.95. The maximum Gasteiger partial charge on any atom is 0.230 e. The summed E-state index contributed by atoms with van der Waals surface area (Å²) in [6.45, 7) is 0.789. The number of rotatable bonds is 5. The van der Waals surface area contributed by atoms with Gasteiger partial charge in [-0.2, -0.15) is 0 Å². The first-order chi connectivity index (χ1) is 10.3. The summed E-state index contributed by atoms with van der Waals surface area (Å²) in [4.78, 5) is 16.3. The zero-order valence-electron chi connectivity index (χ0n) is 12.1. The van der Waals surface area contributed by atoms with Crippen LogP contribution in [0.1, 0.15) is 56.9 Å². The summed E-state index contributed by atoms with van der Waals surface area (Å²) in [5.74, 6) is 1.23. The highest BCUT2D eigenvalue weighted by Crippen LogP contribution is 2.27. The fourth-order valence-electron chi connectivity index (χ4n) is 2.91. The Kier molecular flexibility index (Phi) is 5.13. The summed E-state index contributed by atoms with van der Waals surface area (Å²) < 4.78 is 5.56. The number of aromatic nitrogens is 3. The van der Waals surface area contributed by atoms with Crippen molar-refractivity contribution in [2.24, 2.45) is 0 Å². The van der Waals surface area contributed by atoms with Gasteiger partial charge in [0.15, 0.2) is 5.82 Å². The third-order valence-electron chi connectivity index (χ3n) is 4.02. The second-order valence-electron chi connectivity index (χ2n) is 5.70. The predicted molar refractivity (Wildman–Crippen MR) is 80.0 cm³/mol. The molecule has 2 N–H and O–H groups in total. The van der Waals surface area contributed by atoms with Crippen LogP contribution >= 0.6 is 11.8 Å². The number of thioether (sulfide) groups is 1. The molecule has 1 aromatic heterocycles. The average Bonchev–Trinajstić information content (AvgIpc) is 3.17. The van der Waals surface area contributed by atoms with E-state index in [1.807, 2.05) is 0 Å². The van der Waals surface area contributed by atoms with Crippen LogP contribution in [0.4, 0.5) is 0 Å². The summed E-state index contributed by atoms with van der Waals surface area (Å²) in [6.07, 6.45) is 8.07. The Morgan fingerprint density at radius 1 is 1.29 bits per heavy atom. The van der Waals surface area contributed by atoms with Gasteiger partial charge in [-0.25, -0.2) is 4.98 Å². The van der Waals surface area contributed by atoms with E-state index in [9.17, 15) is 4.79 Å². The van der Waals surface area contributed by atoms with E-state index in [0.717, 1.165) is 38.1 Å². The van der Waals surface area contributed by atoms with Crippen LogP contribution in [0.15, 0.2) is 5.16 Å². The fourth-order valence-corrected chi connectivity index (χ4v) is 3.52. The Morgan fingerprint density at radius 3 is 2.90 bits per heavy atom. The molecule has 6 nitrogen and oxygen atoms in total. The van der Waals surface area contributed by atoms with Gasteiger partial charge in [-0.15, -0.1) is 5.10 Å². The molecule has 1 amide bonds. The van der Waals surface area contributed by atoms with Gasteiger partial charge >= 0.3 is 0 Å². The molecule has 1 saturated carbocycles. The van der Waals surface area contributed by atoms with Crippen molar-refractivity contribution in [2.75, 3.05) is 12.4 Å². The van der Waals surface area contributed by atoms with Gasteiger partial charge < -0.3 is 10.1 Å². The molecule has 1 atom stereocenters. The van der Waals surface area contributed by atoms with Crippen LogP contribution < -0.4 is 5.32 Å². The molecular weight excluding hydrogens is 288 g/mol. The monoisotopic (exact) mass is 310 g/mol. The summed E-state index contributed by atoms with van der Waals surface area (Å²) in [5, 5.41) is 10.8. The quantitative estimate of drug-likeness (QED) is 0.815. The number of hydrogen-bond donors (Lipinski definition) is 2. The summed E-state index contributed by atoms with van der Waals surface area (Å²) in [5.41, 5.74) is 0. The zero-order chi connectivity index (χ0) is 14.5. The lowest BCUT2D eigenvalue weighted by molar-refractivity contribution is -0.119. The van der Waals surface area contributed by atoms with Crippen molar-refractivity contribution in [1.82, 2.24) is 20.5 Å². The Labute approximate surface area is 128 Å². The van der Waals surface area contributed by atoms with E-state index in [4.69, 9.17) is 4.74 Å². The third kappa shape index (κ3) is 4.20. The molecule has 2 aliphatic rings. The summed E-state index contributed by atoms with van der Waals surface area (Å²) >= 11 is 1.38. The maximum atomic E-state index is 11.9. The van der Waals surface area contributed by atoms with Gasteiger partial charge in [0.1, 0.15) is 6.10 Å². The number of amides is 1. The summed E-state index contributed by atoms with van der Waals surface area (Å²) in [7, 11) is 0. The van der Waals surface area contributed by atoms with Gasteiger partial charge in [0.05, 0.1) is 5.75 Å². The molecule has 1 unspecified atom stereocenters. The molecule has 2 heterocycles. The standard InChI is InChI=1S/C14H22N4O2S/c19-12(15-10-5-2-1-3-6-10)9-21-14-16-13(17-18-14)11-7-4-8-20-11/h10-11H,1-9H2,(H,15,19)(H,16,17,18). The smallest absolute Gasteiger partial charge is 0.230 e. The van der Waals surface area contributed by atoms with Gasteiger partial charge in [0.2, 0.25) is 11.1 Å². The number of H-pyrrole nitrogens is 1. The lowest BCUT2D eigenvalue weighted by Crippen LogP contribution is -2.37. The van der Waals surface area contributed by atoms with E-state index in [0.29, 0.717) is 17.0 Å². The number of hydrogen-bond acceptors (Lipinski definition) is 5. The molecule has 2 fully saturated rings.